The summed E-state index contributed by atoms with van der Waals surface area (Å²) in [5, 5.41) is 0.447. The molecule has 29 heavy (non-hydrogen) atoms. The van der Waals surface area contributed by atoms with E-state index in [0.29, 0.717) is 18.4 Å². The Morgan fingerprint density at radius 2 is 1.86 bits per heavy atom. The molecule has 0 aliphatic heterocycles. The molecular weight excluding hydrogens is 397 g/mol. The molecule has 1 N–H and O–H groups in total. The summed E-state index contributed by atoms with van der Waals surface area (Å²) >= 11 is 0. The number of ether oxygens (including phenoxy) is 2. The van der Waals surface area contributed by atoms with E-state index in [1.54, 1.807) is 19.5 Å². The van der Waals surface area contributed by atoms with Gasteiger partial charge in [-0.1, -0.05) is 29.8 Å². The number of pyridine rings is 1. The van der Waals surface area contributed by atoms with Crippen molar-refractivity contribution in [2.75, 3.05) is 20.3 Å². The molecule has 2 aromatic heterocycles. The molecule has 3 aromatic rings. The number of nitrogens with one attached hydrogen (secondary N) is 1. The number of aromatic nitrogens is 3. The topological polar surface area (TPSA) is 77.1 Å². The Hall–Kier alpha value is -1.51. The van der Waals surface area contributed by atoms with Gasteiger partial charge in [0.25, 0.3) is 0 Å². The second kappa shape index (κ2) is 11.6. The van der Waals surface area contributed by atoms with Crippen molar-refractivity contribution < 1.29 is 44.7 Å². The SMILES string of the molecule is COCCCOc1ccnc(CS(=O)c2ncc(-c3ccc(C)cc3)[nH]2)c1C.[H-].[Na+]. The molecule has 3 rings (SSSR count). The van der Waals surface area contributed by atoms with Gasteiger partial charge in [-0.05, 0) is 25.5 Å². The molecule has 0 aliphatic carbocycles. The van der Waals surface area contributed by atoms with E-state index in [4.69, 9.17) is 9.47 Å². The minimum Gasteiger partial charge on any atom is -1.00 e. The summed E-state index contributed by atoms with van der Waals surface area (Å²) in [5.74, 6) is 1.04. The molecule has 0 fully saturated rings. The molecule has 0 saturated heterocycles. The number of aromatic amines is 1. The number of hydrogen-bond acceptors (Lipinski definition) is 5. The molecule has 0 bridgehead atoms. The van der Waals surface area contributed by atoms with E-state index >= 15 is 0 Å². The van der Waals surface area contributed by atoms with Crippen LogP contribution in [0.15, 0.2) is 47.9 Å². The first-order chi connectivity index (χ1) is 13.6. The number of hydrogen-bond donors (Lipinski definition) is 1. The van der Waals surface area contributed by atoms with Crippen LogP contribution in [0, 0.1) is 13.8 Å². The zero-order chi connectivity index (χ0) is 19.9. The summed E-state index contributed by atoms with van der Waals surface area (Å²) in [4.78, 5) is 11.9. The summed E-state index contributed by atoms with van der Waals surface area (Å²) in [7, 11) is 0.347. The molecule has 1 atom stereocenters. The molecule has 1 unspecified atom stereocenters. The molecule has 6 nitrogen and oxygen atoms in total. The fourth-order valence-corrected chi connectivity index (χ4v) is 3.81. The van der Waals surface area contributed by atoms with Crippen molar-refractivity contribution in [3.63, 3.8) is 0 Å². The van der Waals surface area contributed by atoms with E-state index in [-0.39, 0.29) is 36.7 Å². The summed E-state index contributed by atoms with van der Waals surface area (Å²) in [5.41, 5.74) is 4.71. The van der Waals surface area contributed by atoms with Gasteiger partial charge in [-0.25, -0.2) is 4.98 Å². The smallest absolute Gasteiger partial charge is 1.00 e. The van der Waals surface area contributed by atoms with Crippen molar-refractivity contribution in [2.45, 2.75) is 31.2 Å². The number of imidazole rings is 1. The number of rotatable bonds is 9. The third kappa shape index (κ3) is 6.49. The fourth-order valence-electron chi connectivity index (χ4n) is 2.74. The van der Waals surface area contributed by atoms with E-state index in [9.17, 15) is 4.21 Å². The maximum atomic E-state index is 12.8. The first-order valence-electron chi connectivity index (χ1n) is 9.15. The van der Waals surface area contributed by atoms with Crippen LogP contribution in [-0.4, -0.2) is 39.5 Å². The van der Waals surface area contributed by atoms with Gasteiger partial charge in [-0.3, -0.25) is 9.19 Å². The molecule has 2 heterocycles. The van der Waals surface area contributed by atoms with Gasteiger partial charge in [0.2, 0.25) is 0 Å². The molecular formula is C21H26N3NaO3S. The maximum absolute atomic E-state index is 12.8. The van der Waals surface area contributed by atoms with Gasteiger partial charge < -0.3 is 15.9 Å². The van der Waals surface area contributed by atoms with E-state index < -0.39 is 10.8 Å². The fraction of sp³-hybridized carbons (Fsp3) is 0.333. The Morgan fingerprint density at radius 3 is 2.59 bits per heavy atom. The first-order valence-corrected chi connectivity index (χ1v) is 10.5. The van der Waals surface area contributed by atoms with Crippen LogP contribution in [0.4, 0.5) is 0 Å². The molecule has 0 spiro atoms. The Morgan fingerprint density at radius 1 is 1.10 bits per heavy atom. The summed E-state index contributed by atoms with van der Waals surface area (Å²) in [6.45, 7) is 5.20. The summed E-state index contributed by atoms with van der Waals surface area (Å²) in [6.07, 6.45) is 4.21. The summed E-state index contributed by atoms with van der Waals surface area (Å²) in [6, 6.07) is 9.95. The van der Waals surface area contributed by atoms with Crippen molar-refractivity contribution in [1.82, 2.24) is 15.0 Å². The van der Waals surface area contributed by atoms with Gasteiger partial charge in [0.05, 0.1) is 40.7 Å². The zero-order valence-corrected chi connectivity index (χ0v) is 20.2. The van der Waals surface area contributed by atoms with Crippen LogP contribution in [-0.2, 0) is 21.3 Å². The van der Waals surface area contributed by atoms with Crippen LogP contribution in [0.3, 0.4) is 0 Å². The summed E-state index contributed by atoms with van der Waals surface area (Å²) < 4.78 is 23.6. The van der Waals surface area contributed by atoms with Crippen LogP contribution in [0.1, 0.15) is 24.7 Å². The zero-order valence-electron chi connectivity index (χ0n) is 18.4. The van der Waals surface area contributed by atoms with E-state index in [0.717, 1.165) is 34.7 Å². The van der Waals surface area contributed by atoms with Crippen molar-refractivity contribution in [3.8, 4) is 17.0 Å². The van der Waals surface area contributed by atoms with Crippen LogP contribution < -0.4 is 34.3 Å². The molecule has 0 aliphatic rings. The second-order valence-corrected chi connectivity index (χ2v) is 7.90. The quantitative estimate of drug-likeness (QED) is 0.409. The van der Waals surface area contributed by atoms with Crippen LogP contribution in [0.5, 0.6) is 5.75 Å². The van der Waals surface area contributed by atoms with Crippen molar-refractivity contribution >= 4 is 10.8 Å². The van der Waals surface area contributed by atoms with Crippen molar-refractivity contribution in [2.24, 2.45) is 0 Å². The molecule has 0 saturated carbocycles. The van der Waals surface area contributed by atoms with Gasteiger partial charge in [0.1, 0.15) is 5.75 Å². The van der Waals surface area contributed by atoms with Crippen molar-refractivity contribution in [3.05, 3.63) is 59.5 Å². The van der Waals surface area contributed by atoms with Crippen LogP contribution >= 0.6 is 0 Å². The number of H-pyrrole nitrogens is 1. The minimum absolute atomic E-state index is 0. The Labute approximate surface area is 197 Å². The average Bonchev–Trinajstić information content (AvgIpc) is 3.19. The predicted molar refractivity (Wildman–Crippen MR) is 111 cm³/mol. The standard InChI is InChI=1S/C21H25N3O3S.Na.H/c1-15-5-7-17(8-6-15)18-13-23-21(24-18)28(25)14-19-16(2)20(9-10-22-19)27-12-4-11-26-3;;/h5-10,13H,4,11-12,14H2,1-3H3,(H,23,24);;/q;+1;-1. The van der Waals surface area contributed by atoms with Gasteiger partial charge >= 0.3 is 29.6 Å². The van der Waals surface area contributed by atoms with Crippen LogP contribution in [0.25, 0.3) is 11.3 Å². The van der Waals surface area contributed by atoms with Gasteiger partial charge in [-0.15, -0.1) is 0 Å². The molecule has 150 valence electrons. The van der Waals surface area contributed by atoms with Crippen LogP contribution in [0.2, 0.25) is 0 Å². The third-order valence-electron chi connectivity index (χ3n) is 4.41. The number of nitrogens with zero attached hydrogens (tertiary/aromatic N) is 2. The monoisotopic (exact) mass is 423 g/mol. The Bertz CT molecular complexity index is 951. The maximum Gasteiger partial charge on any atom is 1.00 e. The first kappa shape index (κ1) is 23.8. The van der Waals surface area contributed by atoms with E-state index in [2.05, 4.69) is 15.0 Å². The largest absolute Gasteiger partial charge is 1.00 e. The Kier molecular flexibility index (Phi) is 9.52. The molecule has 8 heteroatoms. The van der Waals surface area contributed by atoms with Gasteiger partial charge in [0, 0.05) is 31.9 Å². The second-order valence-electron chi connectivity index (χ2n) is 6.53. The molecule has 0 radical (unpaired) electrons. The molecule has 1 aromatic carbocycles. The van der Waals surface area contributed by atoms with E-state index in [1.807, 2.05) is 44.2 Å². The minimum atomic E-state index is -1.32. The van der Waals surface area contributed by atoms with Gasteiger partial charge in [0.15, 0.2) is 5.16 Å². The number of aryl methyl sites for hydroxylation is 1. The predicted octanol–water partition coefficient (Wildman–Crippen LogP) is 0.928. The number of methoxy groups -OCH3 is 1. The van der Waals surface area contributed by atoms with Gasteiger partial charge in [-0.2, -0.15) is 0 Å². The van der Waals surface area contributed by atoms with Crippen molar-refractivity contribution in [1.29, 1.82) is 0 Å². The average molecular weight is 424 g/mol. The van der Waals surface area contributed by atoms with E-state index in [1.165, 1.54) is 5.56 Å². The normalized spacial score (nSPS) is 11.7. The Balaban J connectivity index is 0.00000225. The number of benzene rings is 1. The molecule has 0 amide bonds. The third-order valence-corrected chi connectivity index (χ3v) is 5.58.